The molecule has 0 aliphatic carbocycles. The van der Waals surface area contributed by atoms with Crippen LogP contribution in [0.4, 0.5) is 0 Å². The summed E-state index contributed by atoms with van der Waals surface area (Å²) in [5.74, 6) is 13.1. The quantitative estimate of drug-likeness (QED) is 0.0249. The van der Waals surface area contributed by atoms with Gasteiger partial charge in [-0.2, -0.15) is 0 Å². The number of aliphatic hydroxyl groups excluding tert-OH is 2. The monoisotopic (exact) mass is 2240 g/mol. The van der Waals surface area contributed by atoms with Crippen molar-refractivity contribution in [3.05, 3.63) is 104 Å². The third kappa shape index (κ3) is 56.6. The van der Waals surface area contributed by atoms with E-state index in [1.807, 2.05) is 0 Å². The summed E-state index contributed by atoms with van der Waals surface area (Å²) < 4.78 is 0. The molecule has 1 radical (unpaired) electrons. The molecule has 0 saturated heterocycles. The first-order chi connectivity index (χ1) is 73.2. The number of amidine groups is 6. The molecule has 0 spiro atoms. The number of thioether (sulfide) groups is 8. The Balaban J connectivity index is 0.00000589. The molecule has 9 rings (SSSR count). The zero-order chi connectivity index (χ0) is 104. The fraction of sp³-hybridized carbons (Fsp3) is 0.769. The van der Waals surface area contributed by atoms with Crippen LogP contribution in [-0.2, 0) is 17.1 Å². The van der Waals surface area contributed by atoms with Crippen molar-refractivity contribution in [2.45, 2.75) is 621 Å². The Morgan fingerprint density at radius 1 is 0.181 bits per heavy atom. The molecule has 0 amide bonds. The Hall–Kier alpha value is -2.26. The molecule has 5 heterocycles. The second-order valence-corrected chi connectivity index (χ2v) is 52.9. The van der Waals surface area contributed by atoms with Gasteiger partial charge in [0.2, 0.25) is 0 Å². The molecule has 0 fully saturated rings. The predicted octanol–water partition coefficient (Wildman–Crippen LogP) is 45.2. The Morgan fingerprint density at radius 2 is 0.322 bits per heavy atom. The van der Waals surface area contributed by atoms with Crippen LogP contribution in [0.15, 0.2) is 118 Å². The van der Waals surface area contributed by atoms with Gasteiger partial charge >= 0.3 is 17.1 Å². The van der Waals surface area contributed by atoms with Gasteiger partial charge in [-0.3, -0.25) is 9.98 Å². The molecule has 2 atom stereocenters. The third-order valence-electron chi connectivity index (χ3n) is 30.4. The fourth-order valence-corrected chi connectivity index (χ4v) is 30.2. The minimum atomic E-state index is -0.588. The molecule has 2 unspecified atom stereocenters. The minimum absolute atomic E-state index is 0. The smallest absolute Gasteiger partial charge is 0.438 e. The van der Waals surface area contributed by atoms with Gasteiger partial charge in [0, 0.05) is 61.4 Å². The minimum Gasteiger partial charge on any atom is -0.438 e. The van der Waals surface area contributed by atoms with Crippen LogP contribution >= 0.6 is 94.1 Å². The van der Waals surface area contributed by atoms with Crippen molar-refractivity contribution in [3.8, 4) is 0 Å². The van der Waals surface area contributed by atoms with Crippen LogP contribution in [0.1, 0.15) is 626 Å². The van der Waals surface area contributed by atoms with Gasteiger partial charge in [0.05, 0.1) is 37.2 Å². The Labute approximate surface area is 961 Å². The third-order valence-corrected chi connectivity index (χ3v) is 40.0. The molecule has 149 heavy (non-hydrogen) atoms. The Bertz CT molecular complexity index is 4000. The average molecular weight is 2240 g/mol. The fourth-order valence-electron chi connectivity index (χ4n) is 21.0. The number of nitrogens with zero attached hydrogens (tertiary/aromatic N) is 8. The molecule has 2 N–H and O–H groups in total. The number of hydrogen-bond donors (Lipinski definition) is 2. The first kappa shape index (κ1) is 134. The van der Waals surface area contributed by atoms with Crippen LogP contribution in [0.2, 0.25) is 0 Å². The number of aliphatic imine (C=N–C) groups is 6. The summed E-state index contributed by atoms with van der Waals surface area (Å²) >= 11 is 16.6. The topological polar surface area (TPSA) is 143 Å². The van der Waals surface area contributed by atoms with E-state index in [2.05, 4.69) is 198 Å². The summed E-state index contributed by atoms with van der Waals surface area (Å²) in [6.07, 6.45) is 106. The predicted molar refractivity (Wildman–Crippen MR) is 672 cm³/mol. The van der Waals surface area contributed by atoms with E-state index in [4.69, 9.17) is 50.8 Å². The largest absolute Gasteiger partial charge is 2.00 e. The molecule has 4 aromatic carbocycles. The van der Waals surface area contributed by atoms with Crippen molar-refractivity contribution >= 4 is 129 Å². The molecular formula is C130H216CuN8O2S8. The van der Waals surface area contributed by atoms with E-state index in [1.165, 1.54) is 553 Å². The van der Waals surface area contributed by atoms with Crippen LogP contribution in [0.25, 0.3) is 10.6 Å². The number of aliphatic hydroxyl groups is 2. The molecular weight excluding hydrogens is 2030 g/mol. The molecule has 8 bridgehead atoms. The summed E-state index contributed by atoms with van der Waals surface area (Å²) in [7, 11) is 0. The summed E-state index contributed by atoms with van der Waals surface area (Å²) in [6.45, 7) is 18.4. The Kier molecular flexibility index (Phi) is 81.1. The molecule has 5 aliphatic heterocycles. The summed E-state index contributed by atoms with van der Waals surface area (Å²) in [6, 6.07) is 20.2. The van der Waals surface area contributed by atoms with Crippen LogP contribution < -0.4 is 0 Å². The van der Waals surface area contributed by atoms with E-state index in [0.29, 0.717) is 11.7 Å². The van der Waals surface area contributed by atoms with Gasteiger partial charge in [-0.15, -0.1) is 94.1 Å². The molecule has 19 heteroatoms. The molecule has 847 valence electrons. The van der Waals surface area contributed by atoms with Gasteiger partial charge in [-0.25, -0.2) is 9.98 Å². The van der Waals surface area contributed by atoms with Gasteiger partial charge < -0.3 is 30.8 Å². The molecule has 0 aromatic heterocycles. The van der Waals surface area contributed by atoms with E-state index < -0.39 is 12.3 Å². The maximum atomic E-state index is 7.62. The first-order valence-electron chi connectivity index (χ1n) is 63.1. The van der Waals surface area contributed by atoms with Crippen LogP contribution in [0.3, 0.4) is 0 Å². The molecule has 4 aromatic rings. The van der Waals surface area contributed by atoms with Crippen LogP contribution in [0.5, 0.6) is 0 Å². The van der Waals surface area contributed by atoms with Crippen molar-refractivity contribution in [1.29, 1.82) is 0 Å². The van der Waals surface area contributed by atoms with Gasteiger partial charge in [-0.1, -0.05) is 529 Å². The van der Waals surface area contributed by atoms with Crippen molar-refractivity contribution in [3.63, 3.8) is 0 Å². The first-order valence-corrected chi connectivity index (χ1v) is 71.0. The molecule has 10 nitrogen and oxygen atoms in total. The van der Waals surface area contributed by atoms with Gasteiger partial charge in [-0.05, 0) is 168 Å². The van der Waals surface area contributed by atoms with Crippen molar-refractivity contribution in [2.24, 2.45) is 30.0 Å². The standard InChI is InChI=1S/C128H210N8S8.C2H6O2.Cu/c1-9-17-25-33-41-49-57-65-73-81-89-137-113-97-105-106(98-114(113)138-90-82-74-66-58-50-42-34-26-18-10-2)122-129-121(105)133-123-107-99-115(139-91-83-75-67-59-51-43-35-27-19-11-3)116(140-92-84-76-68-60-52-44-36-28-20-12-4)100-108(107)125(130-123)135-127-111-103-119(143-95-87-79-71-63-55-47-39-31-23-15-7)120(144-96-88-80-72-64-56-48-40-32-24-16-8)104-112(111)128(132-127)136-126-110-102-118(142-94-86-78-70-62-54-46-38-30-22-14-6)117(101-109(110)124(131-126)134-122)141-93-85-77-69-61-53-45-37-29-21-13-5;3-1-2-4;/h97-104,121,128H,9-96H2,1-8H3;3-4H,1-2H2;/q-2;;+2. The van der Waals surface area contributed by atoms with Gasteiger partial charge in [0.1, 0.15) is 0 Å². The van der Waals surface area contributed by atoms with Crippen molar-refractivity contribution < 1.29 is 27.3 Å². The Morgan fingerprint density at radius 3 is 0.483 bits per heavy atom. The normalized spacial score (nSPS) is 14.9. The number of fused-ring (bicyclic) bond motifs is 18. The number of benzene rings is 4. The molecule has 0 saturated carbocycles. The van der Waals surface area contributed by atoms with Crippen molar-refractivity contribution in [2.75, 3.05) is 59.2 Å². The van der Waals surface area contributed by atoms with Gasteiger partial charge in [0.25, 0.3) is 0 Å². The van der Waals surface area contributed by atoms with E-state index in [1.54, 1.807) is 0 Å². The number of rotatable bonds is 97. The van der Waals surface area contributed by atoms with Crippen LogP contribution in [-0.4, -0.2) is 104 Å². The maximum absolute atomic E-state index is 7.62. The molecule has 5 aliphatic rings. The van der Waals surface area contributed by atoms with Gasteiger partial charge in [0.15, 0.2) is 11.7 Å². The second-order valence-electron chi connectivity index (χ2n) is 43.8. The zero-order valence-corrected chi connectivity index (χ0v) is 104. The summed E-state index contributed by atoms with van der Waals surface area (Å²) in [4.78, 5) is 46.9. The zero-order valence-electron chi connectivity index (χ0n) is 96.5. The summed E-state index contributed by atoms with van der Waals surface area (Å²) in [5, 5.41) is 27.1. The number of unbranched alkanes of at least 4 members (excludes halogenated alkanes) is 72. The average Bonchev–Trinajstić information content (AvgIpc) is 1.58. The SMILES string of the molecule is CCCCCCCCCCCCSc1cc2c(cc1SCCCCCCCCCCCC)/C1=N/C3[N-]C(=NC4=N/C(=N\C5[N-]C(=NC2=N1)c1cc(SCCCCCCCCCCCC)c(SCCCCCCCCCCCC)cc15)c1cc(SCCCCCCCCCCCC)c(SCCCCCCCCCCCC)cc14)c1cc(SCCCCCCCCCCCC)c(SCCCCCCCCCCCC)cc13.OCCO.[Cu+2]. The number of hydrogen-bond acceptors (Lipinski definition) is 16. The van der Waals surface area contributed by atoms with E-state index >= 15 is 0 Å². The second kappa shape index (κ2) is 90.4. The van der Waals surface area contributed by atoms with Crippen molar-refractivity contribution in [1.82, 2.24) is 0 Å². The van der Waals surface area contributed by atoms with E-state index in [9.17, 15) is 0 Å². The maximum Gasteiger partial charge on any atom is 2.00 e. The van der Waals surface area contributed by atoms with Crippen LogP contribution in [0, 0.1) is 0 Å². The van der Waals surface area contributed by atoms with E-state index in [-0.39, 0.29) is 30.3 Å². The van der Waals surface area contributed by atoms with E-state index in [0.717, 1.165) is 114 Å². The summed E-state index contributed by atoms with van der Waals surface area (Å²) in [5.41, 5.74) is 8.68.